The first-order valence-corrected chi connectivity index (χ1v) is 7.83. The summed E-state index contributed by atoms with van der Waals surface area (Å²) in [5.74, 6) is 1.65. The van der Waals surface area contributed by atoms with Gasteiger partial charge in [0, 0.05) is 31.7 Å². The zero-order valence-corrected chi connectivity index (χ0v) is 12.9. The van der Waals surface area contributed by atoms with E-state index in [1.54, 1.807) is 0 Å². The minimum Gasteiger partial charge on any atom is -0.375 e. The second-order valence-electron chi connectivity index (χ2n) is 7.08. The standard InChI is InChI=1S/C15H27N3O2/c1-11-8-17(4-5-20-11)14(19)10-18-9-12-6-16-7-13(12)15(18,2)3/h11-13,16H,4-10H2,1-3H3. The van der Waals surface area contributed by atoms with Crippen LogP contribution < -0.4 is 5.32 Å². The summed E-state index contributed by atoms with van der Waals surface area (Å²) in [5, 5.41) is 3.48. The Bertz CT molecular complexity index is 385. The van der Waals surface area contributed by atoms with E-state index in [4.69, 9.17) is 4.74 Å². The van der Waals surface area contributed by atoms with Gasteiger partial charge in [-0.3, -0.25) is 9.69 Å². The summed E-state index contributed by atoms with van der Waals surface area (Å²) in [6.45, 7) is 12.6. The van der Waals surface area contributed by atoms with E-state index in [-0.39, 0.29) is 17.6 Å². The minimum absolute atomic E-state index is 0.127. The van der Waals surface area contributed by atoms with E-state index in [1.807, 2.05) is 11.8 Å². The molecule has 0 aromatic rings. The summed E-state index contributed by atoms with van der Waals surface area (Å²) in [6, 6.07) is 0. The van der Waals surface area contributed by atoms with Gasteiger partial charge in [0.25, 0.3) is 0 Å². The molecule has 0 aromatic carbocycles. The molecule has 5 heteroatoms. The highest BCUT2D eigenvalue weighted by Crippen LogP contribution is 2.40. The lowest BCUT2D eigenvalue weighted by Crippen LogP contribution is -2.52. The highest BCUT2D eigenvalue weighted by atomic mass is 16.5. The maximum atomic E-state index is 12.5. The van der Waals surface area contributed by atoms with Crippen molar-refractivity contribution >= 4 is 5.91 Å². The van der Waals surface area contributed by atoms with Crippen LogP contribution in [-0.4, -0.2) is 73.2 Å². The van der Waals surface area contributed by atoms with Gasteiger partial charge < -0.3 is 15.0 Å². The summed E-state index contributed by atoms with van der Waals surface area (Å²) < 4.78 is 5.51. The van der Waals surface area contributed by atoms with Gasteiger partial charge in [-0.2, -0.15) is 0 Å². The predicted octanol–water partition coefficient (Wildman–Crippen LogP) is 0.164. The van der Waals surface area contributed by atoms with Crippen LogP contribution >= 0.6 is 0 Å². The normalized spacial score (nSPS) is 37.1. The topological polar surface area (TPSA) is 44.8 Å². The van der Waals surface area contributed by atoms with Gasteiger partial charge in [-0.25, -0.2) is 0 Å². The Kier molecular flexibility index (Phi) is 3.77. The van der Waals surface area contributed by atoms with Gasteiger partial charge in [0.2, 0.25) is 5.91 Å². The van der Waals surface area contributed by atoms with Crippen molar-refractivity contribution < 1.29 is 9.53 Å². The molecule has 3 saturated heterocycles. The number of carbonyl (C=O) groups is 1. The Morgan fingerprint density at radius 2 is 2.15 bits per heavy atom. The quantitative estimate of drug-likeness (QED) is 0.783. The molecule has 0 aromatic heterocycles. The first kappa shape index (κ1) is 14.3. The molecule has 0 bridgehead atoms. The highest BCUT2D eigenvalue weighted by molar-refractivity contribution is 5.78. The van der Waals surface area contributed by atoms with Gasteiger partial charge in [0.05, 0.1) is 19.3 Å². The van der Waals surface area contributed by atoms with Crippen molar-refractivity contribution in [2.24, 2.45) is 11.8 Å². The Labute approximate surface area is 121 Å². The lowest BCUT2D eigenvalue weighted by Gasteiger charge is -2.38. The number of hydrogen-bond donors (Lipinski definition) is 1. The van der Waals surface area contributed by atoms with Gasteiger partial charge in [0.15, 0.2) is 0 Å². The van der Waals surface area contributed by atoms with Crippen molar-refractivity contribution in [2.45, 2.75) is 32.4 Å². The molecule has 0 spiro atoms. The number of carbonyl (C=O) groups excluding carboxylic acids is 1. The molecule has 114 valence electrons. The van der Waals surface area contributed by atoms with Crippen molar-refractivity contribution in [2.75, 3.05) is 45.9 Å². The molecule has 1 N–H and O–H groups in total. The van der Waals surface area contributed by atoms with Crippen LogP contribution in [0.4, 0.5) is 0 Å². The monoisotopic (exact) mass is 281 g/mol. The van der Waals surface area contributed by atoms with E-state index in [0.717, 1.165) is 32.7 Å². The lowest BCUT2D eigenvalue weighted by atomic mass is 9.85. The van der Waals surface area contributed by atoms with Crippen molar-refractivity contribution in [3.8, 4) is 0 Å². The molecular formula is C15H27N3O2. The summed E-state index contributed by atoms with van der Waals surface area (Å²) in [6.07, 6.45) is 0.169. The molecule has 5 nitrogen and oxygen atoms in total. The molecule has 3 aliphatic rings. The van der Waals surface area contributed by atoms with Gasteiger partial charge in [-0.1, -0.05) is 0 Å². The average molecular weight is 281 g/mol. The fraction of sp³-hybridized carbons (Fsp3) is 0.933. The van der Waals surface area contributed by atoms with E-state index in [9.17, 15) is 4.79 Å². The van der Waals surface area contributed by atoms with Gasteiger partial charge in [-0.05, 0) is 39.2 Å². The molecule has 3 fully saturated rings. The van der Waals surface area contributed by atoms with Crippen molar-refractivity contribution in [3.63, 3.8) is 0 Å². The van der Waals surface area contributed by atoms with E-state index in [2.05, 4.69) is 24.1 Å². The van der Waals surface area contributed by atoms with Crippen LogP contribution in [0, 0.1) is 11.8 Å². The third-order valence-electron chi connectivity index (χ3n) is 5.44. The Morgan fingerprint density at radius 3 is 2.85 bits per heavy atom. The smallest absolute Gasteiger partial charge is 0.236 e. The first-order valence-electron chi connectivity index (χ1n) is 7.83. The summed E-state index contributed by atoms with van der Waals surface area (Å²) in [4.78, 5) is 16.9. The molecular weight excluding hydrogens is 254 g/mol. The Hall–Kier alpha value is -0.650. The summed E-state index contributed by atoms with van der Waals surface area (Å²) in [7, 11) is 0. The van der Waals surface area contributed by atoms with Crippen LogP contribution in [-0.2, 0) is 9.53 Å². The number of morpholine rings is 1. The van der Waals surface area contributed by atoms with Crippen LogP contribution in [0.2, 0.25) is 0 Å². The molecule has 3 heterocycles. The molecule has 3 rings (SSSR count). The number of nitrogens with zero attached hydrogens (tertiary/aromatic N) is 2. The molecule has 3 aliphatic heterocycles. The number of nitrogens with one attached hydrogen (secondary N) is 1. The molecule has 0 radical (unpaired) electrons. The van der Waals surface area contributed by atoms with Crippen molar-refractivity contribution in [1.82, 2.24) is 15.1 Å². The van der Waals surface area contributed by atoms with Crippen LogP contribution in [0.3, 0.4) is 0 Å². The van der Waals surface area contributed by atoms with Gasteiger partial charge in [0.1, 0.15) is 0 Å². The summed E-state index contributed by atoms with van der Waals surface area (Å²) >= 11 is 0. The third-order valence-corrected chi connectivity index (χ3v) is 5.44. The second kappa shape index (κ2) is 5.28. The molecule has 0 aliphatic carbocycles. The number of hydrogen-bond acceptors (Lipinski definition) is 4. The molecule has 0 saturated carbocycles. The minimum atomic E-state index is 0.127. The highest BCUT2D eigenvalue weighted by Gasteiger charge is 2.49. The van der Waals surface area contributed by atoms with E-state index >= 15 is 0 Å². The maximum absolute atomic E-state index is 12.5. The van der Waals surface area contributed by atoms with E-state index in [0.29, 0.717) is 25.0 Å². The fourth-order valence-corrected chi connectivity index (χ4v) is 4.08. The van der Waals surface area contributed by atoms with E-state index < -0.39 is 0 Å². The number of fused-ring (bicyclic) bond motifs is 1. The largest absolute Gasteiger partial charge is 0.375 e. The van der Waals surface area contributed by atoms with Gasteiger partial charge >= 0.3 is 0 Å². The molecule has 1 amide bonds. The van der Waals surface area contributed by atoms with Crippen LogP contribution in [0.25, 0.3) is 0 Å². The first-order chi connectivity index (χ1) is 9.48. The Balaban J connectivity index is 1.61. The zero-order chi connectivity index (χ0) is 14.3. The maximum Gasteiger partial charge on any atom is 0.236 e. The van der Waals surface area contributed by atoms with Crippen LogP contribution in [0.1, 0.15) is 20.8 Å². The number of likely N-dealkylation sites (tertiary alicyclic amines) is 1. The molecule has 3 unspecified atom stereocenters. The Morgan fingerprint density at radius 1 is 1.35 bits per heavy atom. The fourth-order valence-electron chi connectivity index (χ4n) is 4.08. The zero-order valence-electron chi connectivity index (χ0n) is 12.9. The average Bonchev–Trinajstić information content (AvgIpc) is 2.94. The molecule has 3 atom stereocenters. The van der Waals surface area contributed by atoms with Crippen molar-refractivity contribution in [3.05, 3.63) is 0 Å². The number of amides is 1. The number of ether oxygens (including phenoxy) is 1. The van der Waals surface area contributed by atoms with Crippen molar-refractivity contribution in [1.29, 1.82) is 0 Å². The second-order valence-corrected chi connectivity index (χ2v) is 7.08. The van der Waals surface area contributed by atoms with Crippen LogP contribution in [0.15, 0.2) is 0 Å². The predicted molar refractivity (Wildman–Crippen MR) is 77.5 cm³/mol. The summed E-state index contributed by atoms with van der Waals surface area (Å²) in [5.41, 5.74) is 0.127. The SMILES string of the molecule is CC1CN(C(=O)CN2CC3CNCC3C2(C)C)CCO1. The van der Waals surface area contributed by atoms with Crippen LogP contribution in [0.5, 0.6) is 0 Å². The third kappa shape index (κ3) is 2.47. The molecule has 20 heavy (non-hydrogen) atoms. The van der Waals surface area contributed by atoms with E-state index in [1.165, 1.54) is 0 Å². The van der Waals surface area contributed by atoms with Gasteiger partial charge in [-0.15, -0.1) is 0 Å². The lowest BCUT2D eigenvalue weighted by molar-refractivity contribution is -0.140. The number of rotatable bonds is 2.